The summed E-state index contributed by atoms with van der Waals surface area (Å²) in [6, 6.07) is 2.98. The number of amides is 1. The molecule has 0 bridgehead atoms. The molecule has 17 heavy (non-hydrogen) atoms. The highest BCUT2D eigenvalue weighted by molar-refractivity contribution is 9.10. The predicted molar refractivity (Wildman–Crippen MR) is 61.1 cm³/mol. The van der Waals surface area contributed by atoms with Crippen LogP contribution in [0.25, 0.3) is 0 Å². The minimum Gasteiger partial charge on any atom is -0.308 e. The maximum atomic E-state index is 13.5. The second-order valence-corrected chi connectivity index (χ2v) is 4.58. The molecule has 1 unspecified atom stereocenters. The second kappa shape index (κ2) is 4.52. The standard InChI is InChI=1S/C11H8BrF2NO2/c12-10-9(16)3-4-15(11(10)17)8-2-1-6(13)5-7(8)14/h1-2,5,10H,3-4H2. The fourth-order valence-corrected chi connectivity index (χ4v) is 2.15. The summed E-state index contributed by atoms with van der Waals surface area (Å²) in [5.41, 5.74) is -0.00616. The molecule has 1 aromatic carbocycles. The number of Topliss-reactive ketones (excluding diaryl/α,β-unsaturated/α-hetero) is 1. The number of benzene rings is 1. The Morgan fingerprint density at radius 1 is 1.29 bits per heavy atom. The van der Waals surface area contributed by atoms with E-state index < -0.39 is 22.4 Å². The molecule has 0 aromatic heterocycles. The molecule has 1 amide bonds. The normalized spacial score (nSPS) is 20.9. The van der Waals surface area contributed by atoms with Crippen LogP contribution in [0.2, 0.25) is 0 Å². The molecule has 0 spiro atoms. The third-order valence-corrected chi connectivity index (χ3v) is 3.45. The number of alkyl halides is 1. The molecule has 1 saturated heterocycles. The van der Waals surface area contributed by atoms with Gasteiger partial charge < -0.3 is 4.90 Å². The lowest BCUT2D eigenvalue weighted by molar-refractivity contribution is -0.127. The van der Waals surface area contributed by atoms with Gasteiger partial charge in [-0.15, -0.1) is 0 Å². The highest BCUT2D eigenvalue weighted by Crippen LogP contribution is 2.25. The van der Waals surface area contributed by atoms with Crippen LogP contribution < -0.4 is 4.90 Å². The van der Waals surface area contributed by atoms with Gasteiger partial charge in [-0.3, -0.25) is 9.59 Å². The number of hydrogen-bond donors (Lipinski definition) is 0. The van der Waals surface area contributed by atoms with Crippen molar-refractivity contribution < 1.29 is 18.4 Å². The van der Waals surface area contributed by atoms with Gasteiger partial charge >= 0.3 is 0 Å². The maximum Gasteiger partial charge on any atom is 0.248 e. The van der Waals surface area contributed by atoms with Crippen LogP contribution in [0, 0.1) is 11.6 Å². The lowest BCUT2D eigenvalue weighted by atomic mass is 10.1. The zero-order chi connectivity index (χ0) is 12.6. The van der Waals surface area contributed by atoms with E-state index in [1.54, 1.807) is 0 Å². The molecule has 1 atom stereocenters. The van der Waals surface area contributed by atoms with Gasteiger partial charge in [0.15, 0.2) is 10.6 Å². The van der Waals surface area contributed by atoms with E-state index in [9.17, 15) is 18.4 Å². The molecule has 1 fully saturated rings. The molecule has 6 heteroatoms. The van der Waals surface area contributed by atoms with Gasteiger partial charge in [0.1, 0.15) is 11.6 Å². The van der Waals surface area contributed by atoms with Gasteiger partial charge in [-0.2, -0.15) is 0 Å². The SMILES string of the molecule is O=C1CCN(c2ccc(F)cc2F)C(=O)C1Br. The van der Waals surface area contributed by atoms with Crippen LogP contribution in [0.1, 0.15) is 6.42 Å². The molecular formula is C11H8BrF2NO2. The molecule has 3 nitrogen and oxygen atoms in total. The number of ketones is 1. The largest absolute Gasteiger partial charge is 0.308 e. The van der Waals surface area contributed by atoms with Gasteiger partial charge in [0.2, 0.25) is 5.91 Å². The van der Waals surface area contributed by atoms with Crippen LogP contribution in [0.3, 0.4) is 0 Å². The summed E-state index contributed by atoms with van der Waals surface area (Å²) >= 11 is 2.96. The molecule has 0 saturated carbocycles. The fourth-order valence-electron chi connectivity index (χ4n) is 1.67. The minimum atomic E-state index is -0.944. The van der Waals surface area contributed by atoms with Gasteiger partial charge in [0, 0.05) is 19.0 Å². The van der Waals surface area contributed by atoms with E-state index in [2.05, 4.69) is 15.9 Å². The number of carbonyl (C=O) groups is 2. The topological polar surface area (TPSA) is 37.4 Å². The fraction of sp³-hybridized carbons (Fsp3) is 0.273. The maximum absolute atomic E-state index is 13.5. The van der Waals surface area contributed by atoms with Crippen LogP contribution >= 0.6 is 15.9 Å². The molecular weight excluding hydrogens is 296 g/mol. The molecule has 0 radical (unpaired) electrons. The summed E-state index contributed by atoms with van der Waals surface area (Å²) in [7, 11) is 0. The average molecular weight is 304 g/mol. The Morgan fingerprint density at radius 3 is 2.65 bits per heavy atom. The first-order valence-corrected chi connectivity index (χ1v) is 5.85. The number of nitrogens with zero attached hydrogens (tertiary/aromatic N) is 1. The third-order valence-electron chi connectivity index (χ3n) is 2.55. The summed E-state index contributed by atoms with van der Waals surface area (Å²) < 4.78 is 26.2. The molecule has 1 aliphatic rings. The Balaban J connectivity index is 2.34. The molecule has 2 rings (SSSR count). The van der Waals surface area contributed by atoms with Gasteiger partial charge in [0.05, 0.1) is 5.69 Å². The minimum absolute atomic E-state index is 0.00616. The van der Waals surface area contributed by atoms with Crippen molar-refractivity contribution in [2.75, 3.05) is 11.4 Å². The van der Waals surface area contributed by atoms with Crippen molar-refractivity contribution in [3.8, 4) is 0 Å². The highest BCUT2D eigenvalue weighted by Gasteiger charge is 2.34. The van der Waals surface area contributed by atoms with E-state index >= 15 is 0 Å². The van der Waals surface area contributed by atoms with Gasteiger partial charge in [-0.25, -0.2) is 8.78 Å². The highest BCUT2D eigenvalue weighted by atomic mass is 79.9. The van der Waals surface area contributed by atoms with E-state index in [1.807, 2.05) is 0 Å². The van der Waals surface area contributed by atoms with Crippen molar-refractivity contribution in [3.63, 3.8) is 0 Å². The van der Waals surface area contributed by atoms with Crippen LogP contribution in [-0.4, -0.2) is 23.1 Å². The van der Waals surface area contributed by atoms with Crippen LogP contribution in [0.4, 0.5) is 14.5 Å². The number of carbonyl (C=O) groups excluding carboxylic acids is 2. The Bertz CT molecular complexity index is 492. The Kier molecular flexibility index (Phi) is 3.24. The molecule has 1 aliphatic heterocycles. The molecule has 0 N–H and O–H groups in total. The number of rotatable bonds is 1. The summed E-state index contributed by atoms with van der Waals surface area (Å²) in [6.45, 7) is 0.113. The van der Waals surface area contributed by atoms with Crippen molar-refractivity contribution in [1.82, 2.24) is 0 Å². The van der Waals surface area contributed by atoms with Crippen LogP contribution in [-0.2, 0) is 9.59 Å². The zero-order valence-corrected chi connectivity index (χ0v) is 10.2. The van der Waals surface area contributed by atoms with E-state index in [-0.39, 0.29) is 24.4 Å². The van der Waals surface area contributed by atoms with E-state index in [4.69, 9.17) is 0 Å². The summed E-state index contributed by atoms with van der Waals surface area (Å²) in [6.07, 6.45) is 0.151. The van der Waals surface area contributed by atoms with E-state index in [1.165, 1.54) is 6.07 Å². The first kappa shape index (κ1) is 12.2. The number of piperidine rings is 1. The van der Waals surface area contributed by atoms with Crippen LogP contribution in [0.5, 0.6) is 0 Å². The van der Waals surface area contributed by atoms with Crippen LogP contribution in [0.15, 0.2) is 18.2 Å². The lowest BCUT2D eigenvalue weighted by Gasteiger charge is -2.29. The zero-order valence-electron chi connectivity index (χ0n) is 8.62. The van der Waals surface area contributed by atoms with E-state index in [0.29, 0.717) is 6.07 Å². The van der Waals surface area contributed by atoms with Gasteiger partial charge in [-0.1, -0.05) is 15.9 Å². The number of anilines is 1. The summed E-state index contributed by atoms with van der Waals surface area (Å²) in [5.74, 6) is -2.27. The molecule has 1 aromatic rings. The van der Waals surface area contributed by atoms with Crippen molar-refractivity contribution in [2.45, 2.75) is 11.2 Å². The molecule has 0 aliphatic carbocycles. The number of halogens is 3. The molecule has 90 valence electrons. The van der Waals surface area contributed by atoms with Crippen molar-refractivity contribution >= 4 is 33.3 Å². The van der Waals surface area contributed by atoms with Gasteiger partial charge in [-0.05, 0) is 12.1 Å². The monoisotopic (exact) mass is 303 g/mol. The predicted octanol–water partition coefficient (Wildman–Crippen LogP) is 2.03. The Labute approximate surface area is 105 Å². The third kappa shape index (κ3) is 2.22. The first-order valence-electron chi connectivity index (χ1n) is 4.94. The second-order valence-electron chi connectivity index (χ2n) is 3.66. The summed E-state index contributed by atoms with van der Waals surface area (Å²) in [5, 5.41) is 0. The lowest BCUT2D eigenvalue weighted by Crippen LogP contribution is -2.47. The van der Waals surface area contributed by atoms with Crippen molar-refractivity contribution in [1.29, 1.82) is 0 Å². The van der Waals surface area contributed by atoms with E-state index in [0.717, 1.165) is 11.0 Å². The average Bonchev–Trinajstić information content (AvgIpc) is 2.28. The summed E-state index contributed by atoms with van der Waals surface area (Å²) in [4.78, 5) is 23.2. The quantitative estimate of drug-likeness (QED) is 0.588. The smallest absolute Gasteiger partial charge is 0.248 e. The Morgan fingerprint density at radius 2 is 2.00 bits per heavy atom. The van der Waals surface area contributed by atoms with Crippen molar-refractivity contribution in [3.05, 3.63) is 29.8 Å². The molecule has 1 heterocycles. The Hall–Kier alpha value is -1.30. The van der Waals surface area contributed by atoms with Gasteiger partial charge in [0.25, 0.3) is 0 Å². The van der Waals surface area contributed by atoms with Crippen molar-refractivity contribution in [2.24, 2.45) is 0 Å². The number of hydrogen-bond acceptors (Lipinski definition) is 2. The first-order chi connectivity index (χ1) is 8.00.